The summed E-state index contributed by atoms with van der Waals surface area (Å²) in [4.78, 5) is 3.76. The SMILES string of the molecule is CC(CBr)n1nnc(CCN(C)C)n1. The minimum atomic E-state index is 0.260. The molecule has 1 rings (SSSR count). The molecule has 80 valence electrons. The Hall–Kier alpha value is -0.490. The van der Waals surface area contributed by atoms with Crippen LogP contribution in [0.5, 0.6) is 0 Å². The van der Waals surface area contributed by atoms with Gasteiger partial charge in [-0.2, -0.15) is 4.80 Å². The van der Waals surface area contributed by atoms with Crippen molar-refractivity contribution in [3.63, 3.8) is 0 Å². The van der Waals surface area contributed by atoms with Crippen LogP contribution in [-0.4, -0.2) is 51.1 Å². The van der Waals surface area contributed by atoms with Gasteiger partial charge in [-0.1, -0.05) is 15.9 Å². The first kappa shape index (κ1) is 11.6. The van der Waals surface area contributed by atoms with E-state index >= 15 is 0 Å². The molecule has 14 heavy (non-hydrogen) atoms. The Kier molecular flexibility index (Phi) is 4.47. The van der Waals surface area contributed by atoms with Crippen LogP contribution in [0.15, 0.2) is 0 Å². The van der Waals surface area contributed by atoms with Crippen molar-refractivity contribution in [2.24, 2.45) is 0 Å². The van der Waals surface area contributed by atoms with Gasteiger partial charge in [0.25, 0.3) is 0 Å². The summed E-state index contributed by atoms with van der Waals surface area (Å²) in [7, 11) is 4.07. The van der Waals surface area contributed by atoms with Gasteiger partial charge < -0.3 is 4.90 Å². The highest BCUT2D eigenvalue weighted by Gasteiger charge is 2.08. The highest BCUT2D eigenvalue weighted by atomic mass is 79.9. The van der Waals surface area contributed by atoms with E-state index in [9.17, 15) is 0 Å². The number of nitrogens with zero attached hydrogens (tertiary/aromatic N) is 5. The molecule has 0 aromatic carbocycles. The molecule has 1 atom stereocenters. The third kappa shape index (κ3) is 3.34. The van der Waals surface area contributed by atoms with Gasteiger partial charge in [-0.05, 0) is 26.2 Å². The van der Waals surface area contributed by atoms with Crippen molar-refractivity contribution >= 4 is 15.9 Å². The Bertz CT molecular complexity index is 272. The van der Waals surface area contributed by atoms with E-state index in [0.717, 1.165) is 24.1 Å². The molecular weight excluding hydrogens is 246 g/mol. The molecule has 1 aromatic heterocycles. The first-order valence-corrected chi connectivity index (χ1v) is 5.74. The van der Waals surface area contributed by atoms with Gasteiger partial charge in [-0.3, -0.25) is 0 Å². The van der Waals surface area contributed by atoms with Crippen LogP contribution in [0, 0.1) is 0 Å². The fraction of sp³-hybridized carbons (Fsp3) is 0.875. The summed E-state index contributed by atoms with van der Waals surface area (Å²) in [5.41, 5.74) is 0. The Labute approximate surface area is 92.6 Å². The fourth-order valence-electron chi connectivity index (χ4n) is 0.928. The Morgan fingerprint density at radius 3 is 2.79 bits per heavy atom. The lowest BCUT2D eigenvalue weighted by Crippen LogP contribution is -2.16. The molecule has 0 fully saturated rings. The first-order chi connectivity index (χ1) is 6.63. The summed E-state index contributed by atoms with van der Waals surface area (Å²) in [6.45, 7) is 3.00. The quantitative estimate of drug-likeness (QED) is 0.734. The third-order valence-corrected chi connectivity index (χ3v) is 2.81. The predicted octanol–water partition coefficient (Wildman–Crippen LogP) is 0.733. The monoisotopic (exact) mass is 261 g/mol. The largest absolute Gasteiger partial charge is 0.309 e. The number of alkyl halides is 1. The van der Waals surface area contributed by atoms with Crippen LogP contribution < -0.4 is 0 Å². The van der Waals surface area contributed by atoms with Crippen LogP contribution in [-0.2, 0) is 6.42 Å². The minimum absolute atomic E-state index is 0.260. The van der Waals surface area contributed by atoms with Gasteiger partial charge >= 0.3 is 0 Å². The molecular formula is C8H16BrN5. The average Bonchev–Trinajstić information content (AvgIpc) is 2.62. The number of rotatable bonds is 5. The van der Waals surface area contributed by atoms with Crippen molar-refractivity contribution in [1.82, 2.24) is 25.1 Å². The fourth-order valence-corrected chi connectivity index (χ4v) is 1.19. The number of hydrogen-bond acceptors (Lipinski definition) is 4. The summed E-state index contributed by atoms with van der Waals surface area (Å²) in [5, 5.41) is 13.1. The smallest absolute Gasteiger partial charge is 0.176 e. The molecule has 0 amide bonds. The zero-order valence-corrected chi connectivity index (χ0v) is 10.4. The lowest BCUT2D eigenvalue weighted by atomic mass is 10.4. The lowest BCUT2D eigenvalue weighted by Gasteiger charge is -2.06. The molecule has 1 unspecified atom stereocenters. The van der Waals surface area contributed by atoms with Crippen molar-refractivity contribution < 1.29 is 0 Å². The molecule has 1 aromatic rings. The molecule has 0 spiro atoms. The second-order valence-corrected chi connectivity index (χ2v) is 4.23. The number of hydrogen-bond donors (Lipinski definition) is 0. The standard InChI is InChI=1S/C8H16BrN5/c1-7(6-9)14-11-8(10-12-14)4-5-13(2)3/h7H,4-6H2,1-3H3. The van der Waals surface area contributed by atoms with E-state index in [2.05, 4.69) is 36.2 Å². The van der Waals surface area contributed by atoms with Crippen molar-refractivity contribution in [2.75, 3.05) is 26.0 Å². The van der Waals surface area contributed by atoms with E-state index in [-0.39, 0.29) is 6.04 Å². The molecule has 0 aliphatic carbocycles. The van der Waals surface area contributed by atoms with E-state index in [1.807, 2.05) is 21.0 Å². The molecule has 0 aliphatic rings. The summed E-state index contributed by atoms with van der Waals surface area (Å²) < 4.78 is 0. The molecule has 0 radical (unpaired) electrons. The number of tetrazole rings is 1. The Balaban J connectivity index is 2.50. The van der Waals surface area contributed by atoms with Crippen LogP contribution in [0.2, 0.25) is 0 Å². The minimum Gasteiger partial charge on any atom is -0.309 e. The Morgan fingerprint density at radius 2 is 2.21 bits per heavy atom. The van der Waals surface area contributed by atoms with Crippen LogP contribution in [0.4, 0.5) is 0 Å². The van der Waals surface area contributed by atoms with E-state index in [1.165, 1.54) is 0 Å². The summed E-state index contributed by atoms with van der Waals surface area (Å²) in [5.74, 6) is 0.812. The normalized spacial score (nSPS) is 13.5. The molecule has 0 N–H and O–H groups in total. The van der Waals surface area contributed by atoms with E-state index in [0.29, 0.717) is 0 Å². The maximum absolute atomic E-state index is 4.29. The van der Waals surface area contributed by atoms with Crippen molar-refractivity contribution in [3.05, 3.63) is 5.82 Å². The average molecular weight is 262 g/mol. The topological polar surface area (TPSA) is 46.8 Å². The molecule has 1 heterocycles. The maximum Gasteiger partial charge on any atom is 0.176 e. The van der Waals surface area contributed by atoms with Gasteiger partial charge in [0.2, 0.25) is 0 Å². The number of halogens is 1. The zero-order valence-electron chi connectivity index (χ0n) is 8.81. The summed E-state index contributed by atoms with van der Waals surface area (Å²) >= 11 is 3.39. The second kappa shape index (κ2) is 5.41. The second-order valence-electron chi connectivity index (χ2n) is 3.58. The highest BCUT2D eigenvalue weighted by molar-refractivity contribution is 9.09. The number of aromatic nitrogens is 4. The van der Waals surface area contributed by atoms with Crippen molar-refractivity contribution in [1.29, 1.82) is 0 Å². The van der Waals surface area contributed by atoms with E-state index in [4.69, 9.17) is 0 Å². The lowest BCUT2D eigenvalue weighted by molar-refractivity contribution is 0.407. The van der Waals surface area contributed by atoms with Crippen LogP contribution >= 0.6 is 15.9 Å². The van der Waals surface area contributed by atoms with Gasteiger partial charge in [-0.25, -0.2) is 0 Å². The molecule has 5 nitrogen and oxygen atoms in total. The molecule has 0 bridgehead atoms. The molecule has 0 saturated heterocycles. The van der Waals surface area contributed by atoms with Gasteiger partial charge in [0.1, 0.15) is 0 Å². The summed E-state index contributed by atoms with van der Waals surface area (Å²) in [6.07, 6.45) is 0.849. The number of likely N-dealkylation sites (N-methyl/N-ethyl adjacent to an activating group) is 1. The highest BCUT2D eigenvalue weighted by Crippen LogP contribution is 2.04. The van der Waals surface area contributed by atoms with Crippen molar-refractivity contribution in [2.45, 2.75) is 19.4 Å². The maximum atomic E-state index is 4.29. The molecule has 0 aliphatic heterocycles. The van der Waals surface area contributed by atoms with Crippen molar-refractivity contribution in [3.8, 4) is 0 Å². The van der Waals surface area contributed by atoms with Gasteiger partial charge in [0.05, 0.1) is 6.04 Å². The molecule has 0 saturated carbocycles. The van der Waals surface area contributed by atoms with E-state index < -0.39 is 0 Å². The summed E-state index contributed by atoms with van der Waals surface area (Å²) in [6, 6.07) is 0.260. The van der Waals surface area contributed by atoms with Gasteiger partial charge in [0.15, 0.2) is 5.82 Å². The predicted molar refractivity (Wildman–Crippen MR) is 58.6 cm³/mol. The van der Waals surface area contributed by atoms with Crippen LogP contribution in [0.3, 0.4) is 0 Å². The van der Waals surface area contributed by atoms with Crippen LogP contribution in [0.25, 0.3) is 0 Å². The van der Waals surface area contributed by atoms with Gasteiger partial charge in [0, 0.05) is 18.3 Å². The Morgan fingerprint density at radius 1 is 1.50 bits per heavy atom. The first-order valence-electron chi connectivity index (χ1n) is 4.62. The third-order valence-electron chi connectivity index (χ3n) is 1.87. The van der Waals surface area contributed by atoms with Crippen LogP contribution in [0.1, 0.15) is 18.8 Å². The van der Waals surface area contributed by atoms with E-state index in [1.54, 1.807) is 4.80 Å². The van der Waals surface area contributed by atoms with Gasteiger partial charge in [-0.15, -0.1) is 10.2 Å². The molecule has 6 heteroatoms. The zero-order chi connectivity index (χ0) is 10.6.